The van der Waals surface area contributed by atoms with E-state index in [1.807, 2.05) is 24.3 Å². The fraction of sp³-hybridized carbons (Fsp3) is 0.500. The molecule has 1 aromatic carbocycles. The molecule has 1 atom stereocenters. The van der Waals surface area contributed by atoms with E-state index < -0.39 is 0 Å². The van der Waals surface area contributed by atoms with E-state index in [1.165, 1.54) is 0 Å². The average molecular weight is 356 g/mol. The first-order valence-electron chi connectivity index (χ1n) is 9.00. The molecule has 3 heterocycles. The minimum absolute atomic E-state index is 0.225. The van der Waals surface area contributed by atoms with E-state index in [-0.39, 0.29) is 6.04 Å². The zero-order valence-corrected chi connectivity index (χ0v) is 15.0. The Kier molecular flexibility index (Phi) is 4.85. The van der Waals surface area contributed by atoms with Gasteiger partial charge in [0.15, 0.2) is 5.82 Å². The number of benzene rings is 1. The van der Waals surface area contributed by atoms with Gasteiger partial charge in [0.2, 0.25) is 11.9 Å². The van der Waals surface area contributed by atoms with Gasteiger partial charge in [-0.3, -0.25) is 0 Å². The van der Waals surface area contributed by atoms with Gasteiger partial charge in [0.05, 0.1) is 32.5 Å². The van der Waals surface area contributed by atoms with E-state index in [0.29, 0.717) is 44.1 Å². The summed E-state index contributed by atoms with van der Waals surface area (Å²) >= 11 is 0. The van der Waals surface area contributed by atoms with Crippen molar-refractivity contribution in [3.8, 4) is 11.4 Å². The Morgan fingerprint density at radius 2 is 1.62 bits per heavy atom. The van der Waals surface area contributed by atoms with Gasteiger partial charge in [-0.05, 0) is 31.2 Å². The quantitative estimate of drug-likeness (QED) is 0.820. The Labute approximate surface area is 153 Å². The van der Waals surface area contributed by atoms with Crippen molar-refractivity contribution in [1.29, 1.82) is 0 Å². The van der Waals surface area contributed by atoms with Crippen LogP contribution < -0.4 is 15.5 Å². The van der Waals surface area contributed by atoms with E-state index in [9.17, 15) is 0 Å². The minimum Gasteiger partial charge on any atom is -0.399 e. The first kappa shape index (κ1) is 17.0. The second kappa shape index (κ2) is 7.43. The molecule has 2 saturated heterocycles. The normalized spacial score (nSPS) is 21.0. The van der Waals surface area contributed by atoms with E-state index >= 15 is 0 Å². The van der Waals surface area contributed by atoms with Crippen molar-refractivity contribution in [1.82, 2.24) is 15.0 Å². The summed E-state index contributed by atoms with van der Waals surface area (Å²) in [6.07, 6.45) is 0. The van der Waals surface area contributed by atoms with Crippen molar-refractivity contribution >= 4 is 17.6 Å². The average Bonchev–Trinajstić information content (AvgIpc) is 2.69. The maximum atomic E-state index is 5.82. The van der Waals surface area contributed by atoms with E-state index in [4.69, 9.17) is 30.2 Å². The third kappa shape index (κ3) is 3.56. The van der Waals surface area contributed by atoms with Gasteiger partial charge >= 0.3 is 0 Å². The molecule has 138 valence electrons. The Bertz CT molecular complexity index is 748. The monoisotopic (exact) mass is 356 g/mol. The van der Waals surface area contributed by atoms with Crippen LogP contribution in [0, 0.1) is 0 Å². The van der Waals surface area contributed by atoms with Crippen LogP contribution in [0.1, 0.15) is 6.92 Å². The predicted molar refractivity (Wildman–Crippen MR) is 100 cm³/mol. The number of morpholine rings is 2. The van der Waals surface area contributed by atoms with Crippen molar-refractivity contribution in [3.05, 3.63) is 24.3 Å². The van der Waals surface area contributed by atoms with Crippen LogP contribution in [0.2, 0.25) is 0 Å². The van der Waals surface area contributed by atoms with Crippen molar-refractivity contribution in [2.45, 2.75) is 13.0 Å². The van der Waals surface area contributed by atoms with Gasteiger partial charge in [0.1, 0.15) is 0 Å². The van der Waals surface area contributed by atoms with Crippen molar-refractivity contribution < 1.29 is 9.47 Å². The van der Waals surface area contributed by atoms with Gasteiger partial charge < -0.3 is 25.0 Å². The first-order chi connectivity index (χ1) is 12.7. The Morgan fingerprint density at radius 1 is 0.923 bits per heavy atom. The summed E-state index contributed by atoms with van der Waals surface area (Å²) in [6, 6.07) is 7.85. The number of hydrogen-bond donors (Lipinski definition) is 1. The molecular formula is C18H24N6O2. The Hall–Kier alpha value is -2.45. The van der Waals surface area contributed by atoms with E-state index in [0.717, 1.165) is 30.9 Å². The van der Waals surface area contributed by atoms with Crippen molar-refractivity contribution in [2.24, 2.45) is 0 Å². The lowest BCUT2D eigenvalue weighted by Gasteiger charge is -2.34. The fourth-order valence-electron chi connectivity index (χ4n) is 3.17. The molecule has 0 amide bonds. The highest BCUT2D eigenvalue weighted by Gasteiger charge is 2.24. The summed E-state index contributed by atoms with van der Waals surface area (Å²) in [6.45, 7) is 7.19. The van der Waals surface area contributed by atoms with Crippen LogP contribution in [0.5, 0.6) is 0 Å². The lowest BCUT2D eigenvalue weighted by atomic mass is 10.2. The second-order valence-corrected chi connectivity index (χ2v) is 6.60. The van der Waals surface area contributed by atoms with Gasteiger partial charge in [-0.15, -0.1) is 0 Å². The number of ether oxygens (including phenoxy) is 2. The molecule has 2 aliphatic heterocycles. The molecule has 8 nitrogen and oxygen atoms in total. The summed E-state index contributed by atoms with van der Waals surface area (Å²) in [5, 5.41) is 0. The summed E-state index contributed by atoms with van der Waals surface area (Å²) in [5.74, 6) is 2.06. The predicted octanol–water partition coefficient (Wildman–Crippen LogP) is 1.18. The second-order valence-electron chi connectivity index (χ2n) is 6.60. The lowest BCUT2D eigenvalue weighted by Crippen LogP contribution is -2.45. The molecule has 2 fully saturated rings. The van der Waals surface area contributed by atoms with Crippen LogP contribution in [0.4, 0.5) is 17.6 Å². The van der Waals surface area contributed by atoms with Gasteiger partial charge in [-0.1, -0.05) is 0 Å². The molecule has 4 rings (SSSR count). The smallest absolute Gasteiger partial charge is 0.231 e. The summed E-state index contributed by atoms with van der Waals surface area (Å²) < 4.78 is 11.0. The molecule has 0 radical (unpaired) electrons. The van der Waals surface area contributed by atoms with Gasteiger partial charge in [-0.25, -0.2) is 0 Å². The number of nitrogens with zero attached hydrogens (tertiary/aromatic N) is 5. The highest BCUT2D eigenvalue weighted by atomic mass is 16.5. The van der Waals surface area contributed by atoms with Crippen LogP contribution in [0.3, 0.4) is 0 Å². The maximum absolute atomic E-state index is 5.82. The van der Waals surface area contributed by atoms with Crippen LogP contribution in [-0.2, 0) is 9.47 Å². The third-order valence-corrected chi connectivity index (χ3v) is 4.70. The van der Waals surface area contributed by atoms with Crippen molar-refractivity contribution in [3.63, 3.8) is 0 Å². The molecular weight excluding hydrogens is 332 g/mol. The van der Waals surface area contributed by atoms with E-state index in [2.05, 4.69) is 16.7 Å². The largest absolute Gasteiger partial charge is 0.399 e. The zero-order valence-electron chi connectivity index (χ0n) is 15.0. The number of anilines is 3. The summed E-state index contributed by atoms with van der Waals surface area (Å²) in [5.41, 5.74) is 7.47. The maximum Gasteiger partial charge on any atom is 0.231 e. The molecule has 0 bridgehead atoms. The molecule has 0 aliphatic carbocycles. The number of hydrogen-bond acceptors (Lipinski definition) is 8. The van der Waals surface area contributed by atoms with Crippen LogP contribution >= 0.6 is 0 Å². The fourth-order valence-corrected chi connectivity index (χ4v) is 3.17. The molecule has 0 spiro atoms. The molecule has 26 heavy (non-hydrogen) atoms. The van der Waals surface area contributed by atoms with Gasteiger partial charge in [0.25, 0.3) is 0 Å². The molecule has 1 aromatic heterocycles. The van der Waals surface area contributed by atoms with Crippen LogP contribution in [0.15, 0.2) is 24.3 Å². The topological polar surface area (TPSA) is 89.6 Å². The summed E-state index contributed by atoms with van der Waals surface area (Å²) in [7, 11) is 0. The Balaban J connectivity index is 1.74. The molecule has 2 aliphatic rings. The first-order valence-corrected chi connectivity index (χ1v) is 9.00. The van der Waals surface area contributed by atoms with Gasteiger partial charge in [-0.2, -0.15) is 15.0 Å². The molecule has 2 aromatic rings. The number of aromatic nitrogens is 3. The number of nitrogens with two attached hydrogens (primary N) is 1. The van der Waals surface area contributed by atoms with Crippen LogP contribution in [-0.4, -0.2) is 67.1 Å². The highest BCUT2D eigenvalue weighted by molar-refractivity contribution is 5.61. The molecule has 0 saturated carbocycles. The third-order valence-electron chi connectivity index (χ3n) is 4.70. The number of nitrogen functional groups attached to an aromatic ring is 1. The number of rotatable bonds is 3. The molecule has 8 heteroatoms. The molecule has 0 unspecified atom stereocenters. The minimum atomic E-state index is 0.225. The molecule has 2 N–H and O–H groups in total. The van der Waals surface area contributed by atoms with Crippen molar-refractivity contribution in [2.75, 3.05) is 61.6 Å². The highest BCUT2D eigenvalue weighted by Crippen LogP contribution is 2.24. The summed E-state index contributed by atoms with van der Waals surface area (Å²) in [4.78, 5) is 18.6. The van der Waals surface area contributed by atoms with E-state index in [1.54, 1.807) is 0 Å². The van der Waals surface area contributed by atoms with Crippen LogP contribution in [0.25, 0.3) is 11.4 Å². The lowest BCUT2D eigenvalue weighted by molar-refractivity contribution is 0.0980. The standard InChI is InChI=1S/C18H24N6O2/c1-13-12-26-11-8-24(13)18-21-16(14-2-4-15(19)5-3-14)20-17(22-18)23-6-9-25-10-7-23/h2-5,13H,6-12,19H2,1H3/t13-/m0/s1. The Morgan fingerprint density at radius 3 is 2.35 bits per heavy atom. The SMILES string of the molecule is C[C@H]1COCCN1c1nc(-c2ccc(N)cc2)nc(N2CCOCC2)n1. The van der Waals surface area contributed by atoms with Gasteiger partial charge in [0, 0.05) is 30.9 Å². The zero-order chi connectivity index (χ0) is 17.9.